The van der Waals surface area contributed by atoms with E-state index in [0.29, 0.717) is 22.7 Å². The maximum atomic E-state index is 13.7. The van der Waals surface area contributed by atoms with Crippen molar-refractivity contribution >= 4 is 38.4 Å². The van der Waals surface area contributed by atoms with Gasteiger partial charge in [-0.3, -0.25) is 28.5 Å². The highest BCUT2D eigenvalue weighted by Gasteiger charge is 2.33. The van der Waals surface area contributed by atoms with Gasteiger partial charge < -0.3 is 5.11 Å². The maximum Gasteiger partial charge on any atom is 0.331 e. The quantitative estimate of drug-likeness (QED) is 0.441. The first-order valence-corrected chi connectivity index (χ1v) is 12.4. The summed E-state index contributed by atoms with van der Waals surface area (Å²) >= 11 is 1.29. The lowest BCUT2D eigenvalue weighted by Crippen LogP contribution is -2.38. The summed E-state index contributed by atoms with van der Waals surface area (Å²) in [5.74, 6) is -0.487. The first-order valence-electron chi connectivity index (χ1n) is 11.6. The zero-order chi connectivity index (χ0) is 24.7. The highest BCUT2D eigenvalue weighted by molar-refractivity contribution is 7.19. The molecule has 4 heterocycles. The van der Waals surface area contributed by atoms with Crippen molar-refractivity contribution in [1.82, 2.24) is 19.2 Å². The Morgan fingerprint density at radius 3 is 2.80 bits per heavy atom. The van der Waals surface area contributed by atoms with E-state index < -0.39 is 23.3 Å². The van der Waals surface area contributed by atoms with Crippen LogP contribution in [0.1, 0.15) is 40.6 Å². The van der Waals surface area contributed by atoms with Gasteiger partial charge in [-0.05, 0) is 24.1 Å². The van der Waals surface area contributed by atoms with Crippen LogP contribution in [0.5, 0.6) is 0 Å². The van der Waals surface area contributed by atoms with Gasteiger partial charge in [0.05, 0.1) is 23.0 Å². The van der Waals surface area contributed by atoms with Crippen LogP contribution < -0.4 is 11.2 Å². The lowest BCUT2D eigenvalue weighted by molar-refractivity contribution is -0.0778. The fraction of sp³-hybridized carbons (Fsp3) is 0.360. The predicted molar refractivity (Wildman–Crippen MR) is 134 cm³/mol. The summed E-state index contributed by atoms with van der Waals surface area (Å²) < 4.78 is 2.66. The summed E-state index contributed by atoms with van der Waals surface area (Å²) in [5, 5.41) is 12.2. The van der Waals surface area contributed by atoms with Crippen molar-refractivity contribution in [2.45, 2.75) is 38.8 Å². The average molecular weight is 495 g/mol. The third kappa shape index (κ3) is 4.07. The monoisotopic (exact) mass is 494 g/mol. The largest absolute Gasteiger partial charge is 0.389 e. The number of hydroxylamine groups is 2. The SMILES string of the molecule is CCCCn1c(=O)n(C)c(=O)c2c(C(=O)N3CC(O)CO3)c(Cc3ccnc4ccccc34)sc21. The molecule has 1 fully saturated rings. The molecule has 35 heavy (non-hydrogen) atoms. The summed E-state index contributed by atoms with van der Waals surface area (Å²) in [4.78, 5) is 51.0. The Morgan fingerprint density at radius 1 is 1.26 bits per heavy atom. The minimum atomic E-state index is -0.790. The third-order valence-corrected chi connectivity index (χ3v) is 7.52. The Kier molecular flexibility index (Phi) is 6.26. The number of rotatable bonds is 6. The molecule has 5 rings (SSSR count). The van der Waals surface area contributed by atoms with E-state index in [9.17, 15) is 19.5 Å². The first kappa shape index (κ1) is 23.4. The second-order valence-corrected chi connectivity index (χ2v) is 9.80. The number of thiophene rings is 1. The topological polar surface area (TPSA) is 107 Å². The van der Waals surface area contributed by atoms with Crippen LogP contribution in [0.15, 0.2) is 46.1 Å². The molecule has 4 aromatic rings. The van der Waals surface area contributed by atoms with Gasteiger partial charge in [0.15, 0.2) is 0 Å². The zero-order valence-electron chi connectivity index (χ0n) is 19.6. The van der Waals surface area contributed by atoms with Crippen molar-refractivity contribution in [2.75, 3.05) is 13.2 Å². The third-order valence-electron chi connectivity index (χ3n) is 6.31. The van der Waals surface area contributed by atoms with E-state index in [1.54, 1.807) is 10.8 Å². The number of nitrogens with zero attached hydrogens (tertiary/aromatic N) is 4. The highest BCUT2D eigenvalue weighted by atomic mass is 32.1. The molecule has 9 nitrogen and oxygen atoms in total. The van der Waals surface area contributed by atoms with Gasteiger partial charge in [-0.1, -0.05) is 31.5 Å². The van der Waals surface area contributed by atoms with Crippen LogP contribution in [0.2, 0.25) is 0 Å². The Labute approximate surface area is 204 Å². The molecule has 1 aromatic carbocycles. The molecule has 0 radical (unpaired) electrons. The number of hydrogen-bond donors (Lipinski definition) is 1. The van der Waals surface area contributed by atoms with Crippen molar-refractivity contribution < 1.29 is 14.7 Å². The normalized spacial score (nSPS) is 16.0. The maximum absolute atomic E-state index is 13.7. The number of aliphatic hydroxyl groups excluding tert-OH is 1. The van der Waals surface area contributed by atoms with E-state index in [-0.39, 0.29) is 24.1 Å². The Morgan fingerprint density at radius 2 is 2.06 bits per heavy atom. The molecule has 3 aromatic heterocycles. The van der Waals surface area contributed by atoms with Crippen molar-refractivity contribution in [1.29, 1.82) is 0 Å². The number of fused-ring (bicyclic) bond motifs is 2. The molecule has 0 spiro atoms. The number of carbonyl (C=O) groups is 1. The van der Waals surface area contributed by atoms with Gasteiger partial charge in [-0.15, -0.1) is 11.3 Å². The summed E-state index contributed by atoms with van der Waals surface area (Å²) in [6.07, 6.45) is 2.96. The Hall–Kier alpha value is -3.34. The Balaban J connectivity index is 1.76. The second-order valence-electron chi connectivity index (χ2n) is 8.71. The number of β-amino-alcohol motifs (C(OH)–C–C–N with tert-alkyl or cyclic N) is 1. The fourth-order valence-corrected chi connectivity index (χ4v) is 5.78. The molecule has 1 amide bonds. The van der Waals surface area contributed by atoms with Crippen molar-refractivity contribution in [2.24, 2.45) is 7.05 Å². The molecular formula is C25H26N4O5S. The van der Waals surface area contributed by atoms with Gasteiger partial charge in [-0.25, -0.2) is 9.86 Å². The van der Waals surface area contributed by atoms with Gasteiger partial charge in [-0.2, -0.15) is 0 Å². The molecule has 182 valence electrons. The average Bonchev–Trinajstić information content (AvgIpc) is 3.46. The number of benzene rings is 1. The molecule has 1 saturated heterocycles. The van der Waals surface area contributed by atoms with Gasteiger partial charge in [0.2, 0.25) is 0 Å². The van der Waals surface area contributed by atoms with Gasteiger partial charge in [0.1, 0.15) is 17.5 Å². The first-order chi connectivity index (χ1) is 16.9. The molecule has 1 unspecified atom stereocenters. The molecule has 1 atom stereocenters. The van der Waals surface area contributed by atoms with Gasteiger partial charge in [0.25, 0.3) is 11.5 Å². The number of unbranched alkanes of at least 4 members (excludes halogenated alkanes) is 1. The summed E-state index contributed by atoms with van der Waals surface area (Å²) in [7, 11) is 1.44. The van der Waals surface area contributed by atoms with Crippen molar-refractivity contribution in [3.63, 3.8) is 0 Å². The number of aromatic nitrogens is 3. The summed E-state index contributed by atoms with van der Waals surface area (Å²) in [5.41, 5.74) is 1.11. The van der Waals surface area contributed by atoms with Crippen LogP contribution in [-0.2, 0) is 24.9 Å². The lowest BCUT2D eigenvalue weighted by atomic mass is 10.0. The minimum absolute atomic E-state index is 0.0113. The van der Waals surface area contributed by atoms with Gasteiger partial charge in [0, 0.05) is 36.5 Å². The van der Waals surface area contributed by atoms with E-state index >= 15 is 0 Å². The number of aryl methyl sites for hydroxylation is 1. The van der Waals surface area contributed by atoms with Crippen LogP contribution in [0, 0.1) is 0 Å². The van der Waals surface area contributed by atoms with E-state index in [2.05, 4.69) is 4.98 Å². The summed E-state index contributed by atoms with van der Waals surface area (Å²) in [6.45, 7) is 2.51. The van der Waals surface area contributed by atoms with Crippen LogP contribution in [0.3, 0.4) is 0 Å². The van der Waals surface area contributed by atoms with Crippen molar-refractivity contribution in [3.05, 3.63) is 73.4 Å². The molecule has 0 bridgehead atoms. The second kappa shape index (κ2) is 9.37. The highest BCUT2D eigenvalue weighted by Crippen LogP contribution is 2.33. The van der Waals surface area contributed by atoms with Crippen molar-refractivity contribution in [3.8, 4) is 0 Å². The number of aliphatic hydroxyl groups is 1. The summed E-state index contributed by atoms with van der Waals surface area (Å²) in [6, 6.07) is 9.65. The van der Waals surface area contributed by atoms with E-state index in [0.717, 1.165) is 38.9 Å². The number of amides is 1. The molecule has 1 aliphatic rings. The number of pyridine rings is 1. The van der Waals surface area contributed by atoms with E-state index in [4.69, 9.17) is 4.84 Å². The molecule has 1 aliphatic heterocycles. The predicted octanol–water partition coefficient (Wildman–Crippen LogP) is 2.45. The smallest absolute Gasteiger partial charge is 0.331 e. The Bertz CT molecular complexity index is 1550. The zero-order valence-corrected chi connectivity index (χ0v) is 20.4. The standard InChI is InChI=1S/C25H26N4O5S/c1-3-4-11-28-24-21(22(31)27(2)25(28)33)20(23(32)29-13-16(30)14-34-29)19(35-24)12-15-9-10-26-18-8-6-5-7-17(15)18/h5-10,16,30H,3-4,11-14H2,1-2H3. The molecule has 1 N–H and O–H groups in total. The van der Waals surface area contributed by atoms with Crippen LogP contribution >= 0.6 is 11.3 Å². The minimum Gasteiger partial charge on any atom is -0.389 e. The number of carbonyl (C=O) groups excluding carboxylic acids is 1. The van der Waals surface area contributed by atoms with Crippen LogP contribution in [-0.4, -0.2) is 49.5 Å². The lowest BCUT2D eigenvalue weighted by Gasteiger charge is -2.15. The number of para-hydroxylation sites is 1. The fourth-order valence-electron chi connectivity index (χ4n) is 4.46. The molecule has 0 saturated carbocycles. The molecule has 10 heteroatoms. The molecule has 0 aliphatic carbocycles. The number of hydrogen-bond acceptors (Lipinski definition) is 7. The molecular weight excluding hydrogens is 468 g/mol. The van der Waals surface area contributed by atoms with Crippen LogP contribution in [0.25, 0.3) is 21.1 Å². The van der Waals surface area contributed by atoms with E-state index in [1.807, 2.05) is 37.3 Å². The van der Waals surface area contributed by atoms with E-state index in [1.165, 1.54) is 18.4 Å². The van der Waals surface area contributed by atoms with Gasteiger partial charge >= 0.3 is 5.69 Å². The van der Waals surface area contributed by atoms with Crippen LogP contribution in [0.4, 0.5) is 0 Å².